The Morgan fingerprint density at radius 1 is 0.962 bits per heavy atom. The fourth-order valence-corrected chi connectivity index (χ4v) is 2.76. The van der Waals surface area contributed by atoms with Crippen molar-refractivity contribution < 1.29 is 4.79 Å². The molecule has 0 radical (unpaired) electrons. The molecule has 26 heavy (non-hydrogen) atoms. The Hall–Kier alpha value is -3.21. The van der Waals surface area contributed by atoms with E-state index < -0.39 is 0 Å². The number of nitrogens with zero attached hydrogens (tertiary/aromatic N) is 2. The summed E-state index contributed by atoms with van der Waals surface area (Å²) in [6.07, 6.45) is 0.870. The van der Waals surface area contributed by atoms with E-state index in [2.05, 4.69) is 27.5 Å². The number of hydrogen-bond donors (Lipinski definition) is 2. The normalized spacial score (nSPS) is 10.4. The highest BCUT2D eigenvalue weighted by Gasteiger charge is 2.09. The molecule has 0 bridgehead atoms. The Morgan fingerprint density at radius 3 is 2.27 bits per heavy atom. The summed E-state index contributed by atoms with van der Waals surface area (Å²) < 4.78 is 0. The molecule has 5 heteroatoms. The first-order chi connectivity index (χ1) is 12.5. The van der Waals surface area contributed by atoms with E-state index in [1.54, 1.807) is 12.1 Å². The summed E-state index contributed by atoms with van der Waals surface area (Å²) >= 11 is 0. The minimum absolute atomic E-state index is 0.125. The van der Waals surface area contributed by atoms with Crippen LogP contribution >= 0.6 is 0 Å². The first-order valence-electron chi connectivity index (χ1n) is 8.64. The van der Waals surface area contributed by atoms with E-state index in [-0.39, 0.29) is 5.91 Å². The van der Waals surface area contributed by atoms with Crippen molar-refractivity contribution in [3.8, 4) is 0 Å². The van der Waals surface area contributed by atoms with Crippen LogP contribution in [0.5, 0.6) is 0 Å². The second kappa shape index (κ2) is 7.78. The van der Waals surface area contributed by atoms with E-state index in [4.69, 9.17) is 0 Å². The van der Waals surface area contributed by atoms with Crippen molar-refractivity contribution in [1.82, 2.24) is 9.97 Å². The number of amides is 1. The third-order valence-corrected chi connectivity index (χ3v) is 4.03. The number of aromatic nitrogens is 2. The number of benzene rings is 2. The zero-order valence-electron chi connectivity index (χ0n) is 15.2. The summed E-state index contributed by atoms with van der Waals surface area (Å²) in [6.45, 7) is 5.93. The lowest BCUT2D eigenvalue weighted by Gasteiger charge is -2.10. The van der Waals surface area contributed by atoms with Gasteiger partial charge in [0.1, 0.15) is 0 Å². The fourth-order valence-electron chi connectivity index (χ4n) is 2.76. The minimum Gasteiger partial charge on any atom is -0.324 e. The van der Waals surface area contributed by atoms with Crippen LogP contribution < -0.4 is 10.6 Å². The van der Waals surface area contributed by atoms with Crippen molar-refractivity contribution in [3.63, 3.8) is 0 Å². The van der Waals surface area contributed by atoms with Crippen molar-refractivity contribution in [1.29, 1.82) is 0 Å². The zero-order chi connectivity index (χ0) is 18.5. The molecule has 1 heterocycles. The number of rotatable bonds is 5. The Kier molecular flexibility index (Phi) is 5.27. The number of aryl methyl sites for hydroxylation is 3. The maximum Gasteiger partial charge on any atom is 0.255 e. The van der Waals surface area contributed by atoms with Crippen LogP contribution in [0.15, 0.2) is 54.6 Å². The summed E-state index contributed by atoms with van der Waals surface area (Å²) in [5.41, 5.74) is 5.22. The second-order valence-corrected chi connectivity index (χ2v) is 6.14. The molecule has 0 atom stereocenters. The van der Waals surface area contributed by atoms with Gasteiger partial charge < -0.3 is 10.6 Å². The van der Waals surface area contributed by atoms with E-state index in [1.165, 1.54) is 0 Å². The van der Waals surface area contributed by atoms with Crippen LogP contribution in [0, 0.1) is 13.8 Å². The smallest absolute Gasteiger partial charge is 0.255 e. The number of para-hydroxylation sites is 1. The van der Waals surface area contributed by atoms with Gasteiger partial charge in [0.2, 0.25) is 5.95 Å². The predicted octanol–water partition coefficient (Wildman–Crippen LogP) is 4.65. The number of carbonyl (C=O) groups excluding carboxylic acids is 1. The first kappa shape index (κ1) is 17.6. The topological polar surface area (TPSA) is 66.9 Å². The van der Waals surface area contributed by atoms with Crippen LogP contribution in [0.2, 0.25) is 0 Å². The van der Waals surface area contributed by atoms with Crippen LogP contribution in [0.25, 0.3) is 0 Å². The molecule has 3 rings (SSSR count). The van der Waals surface area contributed by atoms with Gasteiger partial charge in [-0.3, -0.25) is 4.79 Å². The molecule has 0 spiro atoms. The van der Waals surface area contributed by atoms with Crippen molar-refractivity contribution in [2.45, 2.75) is 27.2 Å². The van der Waals surface area contributed by atoms with Crippen molar-refractivity contribution in [2.75, 3.05) is 10.6 Å². The summed E-state index contributed by atoms with van der Waals surface area (Å²) in [6, 6.07) is 17.0. The third-order valence-electron chi connectivity index (χ3n) is 4.03. The molecular formula is C21H22N4O. The molecule has 3 aromatic rings. The number of anilines is 3. The molecule has 0 aliphatic carbocycles. The lowest BCUT2D eigenvalue weighted by molar-refractivity contribution is 0.102. The number of carbonyl (C=O) groups is 1. The van der Waals surface area contributed by atoms with E-state index in [0.717, 1.165) is 34.7 Å². The molecule has 2 aromatic carbocycles. The molecule has 132 valence electrons. The van der Waals surface area contributed by atoms with Crippen molar-refractivity contribution in [3.05, 3.63) is 77.1 Å². The largest absolute Gasteiger partial charge is 0.324 e. The Morgan fingerprint density at radius 2 is 1.62 bits per heavy atom. The zero-order valence-corrected chi connectivity index (χ0v) is 15.2. The average Bonchev–Trinajstić information content (AvgIpc) is 2.62. The lowest BCUT2D eigenvalue weighted by Crippen LogP contribution is -2.13. The Bertz CT molecular complexity index is 899. The summed E-state index contributed by atoms with van der Waals surface area (Å²) in [5.74, 6) is 0.427. The molecule has 1 amide bonds. The quantitative estimate of drug-likeness (QED) is 0.705. The van der Waals surface area contributed by atoms with Gasteiger partial charge in [-0.2, -0.15) is 0 Å². The van der Waals surface area contributed by atoms with Gasteiger partial charge in [0.15, 0.2) is 0 Å². The van der Waals surface area contributed by atoms with E-state index >= 15 is 0 Å². The molecule has 0 saturated heterocycles. The number of nitrogens with one attached hydrogen (secondary N) is 2. The van der Waals surface area contributed by atoms with Gasteiger partial charge in [-0.15, -0.1) is 0 Å². The molecule has 0 aliphatic heterocycles. The minimum atomic E-state index is -0.125. The van der Waals surface area contributed by atoms with E-state index in [1.807, 2.05) is 56.3 Å². The molecule has 0 saturated carbocycles. The standard InChI is InChI=1S/C21H22N4O/c1-4-16-7-5-6-8-19(16)25-20(26)17-9-11-18(12-10-17)24-21-22-14(2)13-15(3)23-21/h5-13H,4H2,1-3H3,(H,25,26)(H,22,23,24). The fraction of sp³-hybridized carbons (Fsp3) is 0.190. The lowest BCUT2D eigenvalue weighted by atomic mass is 10.1. The molecule has 2 N–H and O–H groups in total. The van der Waals surface area contributed by atoms with Crippen LogP contribution in [0.3, 0.4) is 0 Å². The second-order valence-electron chi connectivity index (χ2n) is 6.14. The molecule has 0 aliphatic rings. The highest BCUT2D eigenvalue weighted by molar-refractivity contribution is 6.04. The van der Waals surface area contributed by atoms with E-state index in [0.29, 0.717) is 11.5 Å². The SMILES string of the molecule is CCc1ccccc1NC(=O)c1ccc(Nc2nc(C)cc(C)n2)cc1. The maximum atomic E-state index is 12.5. The first-order valence-corrected chi connectivity index (χ1v) is 8.64. The van der Waals surface area contributed by atoms with Gasteiger partial charge in [-0.25, -0.2) is 9.97 Å². The molecule has 0 fully saturated rings. The summed E-state index contributed by atoms with van der Waals surface area (Å²) in [5, 5.41) is 6.14. The molecule has 5 nitrogen and oxygen atoms in total. The Balaban J connectivity index is 1.71. The molecule has 0 unspecified atom stereocenters. The molecular weight excluding hydrogens is 324 g/mol. The van der Waals surface area contributed by atoms with Gasteiger partial charge in [-0.05, 0) is 62.2 Å². The van der Waals surface area contributed by atoms with Crippen LogP contribution in [0.1, 0.15) is 34.2 Å². The van der Waals surface area contributed by atoms with Crippen molar-refractivity contribution >= 4 is 23.2 Å². The number of hydrogen-bond acceptors (Lipinski definition) is 4. The Labute approximate surface area is 153 Å². The summed E-state index contributed by atoms with van der Waals surface area (Å²) in [7, 11) is 0. The van der Waals surface area contributed by atoms with Crippen LogP contribution in [-0.4, -0.2) is 15.9 Å². The van der Waals surface area contributed by atoms with Crippen molar-refractivity contribution in [2.24, 2.45) is 0 Å². The summed E-state index contributed by atoms with van der Waals surface area (Å²) in [4.78, 5) is 21.2. The van der Waals surface area contributed by atoms with Gasteiger partial charge in [0.05, 0.1) is 0 Å². The average molecular weight is 346 g/mol. The maximum absolute atomic E-state index is 12.5. The van der Waals surface area contributed by atoms with Gasteiger partial charge in [-0.1, -0.05) is 25.1 Å². The molecule has 1 aromatic heterocycles. The van der Waals surface area contributed by atoms with Crippen LogP contribution in [0.4, 0.5) is 17.3 Å². The van der Waals surface area contributed by atoms with E-state index in [9.17, 15) is 4.79 Å². The van der Waals surface area contributed by atoms with Gasteiger partial charge in [0, 0.05) is 28.3 Å². The highest BCUT2D eigenvalue weighted by atomic mass is 16.1. The third kappa shape index (κ3) is 4.25. The predicted molar refractivity (Wildman–Crippen MR) is 105 cm³/mol. The highest BCUT2D eigenvalue weighted by Crippen LogP contribution is 2.18. The van der Waals surface area contributed by atoms with Gasteiger partial charge >= 0.3 is 0 Å². The monoisotopic (exact) mass is 346 g/mol. The van der Waals surface area contributed by atoms with Gasteiger partial charge in [0.25, 0.3) is 5.91 Å². The van der Waals surface area contributed by atoms with Crippen LogP contribution in [-0.2, 0) is 6.42 Å².